The number of pyridine rings is 1. The number of piperazine rings is 1. The van der Waals surface area contributed by atoms with Gasteiger partial charge in [0.15, 0.2) is 0 Å². The number of hydrogen-bond acceptors (Lipinski definition) is 4. The zero-order chi connectivity index (χ0) is 18.4. The molecule has 0 radical (unpaired) electrons. The van der Waals surface area contributed by atoms with Crippen molar-refractivity contribution in [2.24, 2.45) is 5.41 Å². The van der Waals surface area contributed by atoms with Crippen molar-refractivity contribution in [2.45, 2.75) is 33.4 Å². The molecule has 1 N–H and O–H groups in total. The monoisotopic (exact) mass is 347 g/mol. The van der Waals surface area contributed by atoms with Gasteiger partial charge in [0.2, 0.25) is 0 Å². The summed E-state index contributed by atoms with van der Waals surface area (Å²) in [7, 11) is 4.14. The molecule has 25 heavy (non-hydrogen) atoms. The minimum atomic E-state index is 0.0301. The first-order chi connectivity index (χ1) is 11.8. The van der Waals surface area contributed by atoms with Crippen LogP contribution in [0.25, 0.3) is 0 Å². The first-order valence-electron chi connectivity index (χ1n) is 9.09. The van der Waals surface area contributed by atoms with E-state index in [1.54, 1.807) is 0 Å². The van der Waals surface area contributed by atoms with Gasteiger partial charge in [-0.15, -0.1) is 0 Å². The molecule has 0 aliphatic carbocycles. The summed E-state index contributed by atoms with van der Waals surface area (Å²) in [5, 5.41) is 3.19. The molecule has 6 heteroatoms. The predicted molar refractivity (Wildman–Crippen MR) is 101 cm³/mol. The largest absolute Gasteiger partial charge is 0.335 e. The van der Waals surface area contributed by atoms with Crippen molar-refractivity contribution < 1.29 is 4.79 Å². The topological polar surface area (TPSA) is 51.7 Å². The smallest absolute Gasteiger partial charge is 0.317 e. The van der Waals surface area contributed by atoms with E-state index in [0.29, 0.717) is 0 Å². The van der Waals surface area contributed by atoms with Crippen molar-refractivity contribution >= 4 is 6.03 Å². The highest BCUT2D eigenvalue weighted by Crippen LogP contribution is 2.21. The predicted octanol–water partition coefficient (Wildman–Crippen LogP) is 1.89. The number of amides is 2. The molecule has 0 aromatic carbocycles. The molecule has 140 valence electrons. The van der Waals surface area contributed by atoms with Gasteiger partial charge in [-0.2, -0.15) is 0 Å². The molecule has 2 rings (SSSR count). The van der Waals surface area contributed by atoms with Crippen molar-refractivity contribution in [2.75, 3.05) is 46.8 Å². The van der Waals surface area contributed by atoms with Crippen LogP contribution in [0.2, 0.25) is 0 Å². The van der Waals surface area contributed by atoms with Crippen LogP contribution in [0.4, 0.5) is 4.79 Å². The lowest BCUT2D eigenvalue weighted by molar-refractivity contribution is 0.123. The van der Waals surface area contributed by atoms with Crippen LogP contribution in [-0.4, -0.2) is 78.6 Å². The third-order valence-corrected chi connectivity index (χ3v) is 5.05. The molecule has 2 amide bonds. The normalized spacial score (nSPS) is 17.6. The molecule has 1 saturated heterocycles. The van der Waals surface area contributed by atoms with Gasteiger partial charge in [-0.3, -0.25) is 9.88 Å². The molecule has 1 aromatic rings. The van der Waals surface area contributed by atoms with Crippen LogP contribution in [0.1, 0.15) is 26.3 Å². The summed E-state index contributed by atoms with van der Waals surface area (Å²) in [6, 6.07) is 4.28. The second kappa shape index (κ2) is 8.63. The Morgan fingerprint density at radius 2 is 1.84 bits per heavy atom. The van der Waals surface area contributed by atoms with E-state index >= 15 is 0 Å². The average Bonchev–Trinajstić information content (AvgIpc) is 2.55. The second-order valence-corrected chi connectivity index (χ2v) is 8.02. The van der Waals surface area contributed by atoms with Gasteiger partial charge in [-0.1, -0.05) is 13.8 Å². The zero-order valence-corrected chi connectivity index (χ0v) is 16.3. The number of urea groups is 1. The van der Waals surface area contributed by atoms with Gasteiger partial charge >= 0.3 is 6.03 Å². The third kappa shape index (κ3) is 5.97. The van der Waals surface area contributed by atoms with E-state index in [9.17, 15) is 4.79 Å². The number of aromatic nitrogens is 1. The van der Waals surface area contributed by atoms with Gasteiger partial charge in [0.25, 0.3) is 0 Å². The standard InChI is InChI=1S/C19H33N5O/c1-16(19(2,3)15-22(4)5)21-18(25)24-12-10-23(11-13-24)14-17-6-8-20-9-7-17/h6-9,16H,10-15H2,1-5H3,(H,21,25). The Morgan fingerprint density at radius 1 is 1.24 bits per heavy atom. The van der Waals surface area contributed by atoms with E-state index in [-0.39, 0.29) is 17.5 Å². The van der Waals surface area contributed by atoms with E-state index in [1.165, 1.54) is 5.56 Å². The summed E-state index contributed by atoms with van der Waals surface area (Å²) >= 11 is 0. The molecule has 1 aliphatic heterocycles. The Labute approximate surface area is 152 Å². The van der Waals surface area contributed by atoms with E-state index in [2.05, 4.69) is 55.0 Å². The van der Waals surface area contributed by atoms with Gasteiger partial charge in [0, 0.05) is 57.7 Å². The van der Waals surface area contributed by atoms with Crippen molar-refractivity contribution in [1.29, 1.82) is 0 Å². The van der Waals surface area contributed by atoms with Gasteiger partial charge in [-0.05, 0) is 44.1 Å². The van der Waals surface area contributed by atoms with Gasteiger partial charge in [0.05, 0.1) is 0 Å². The Bertz CT molecular complexity index is 538. The van der Waals surface area contributed by atoms with E-state index in [0.717, 1.165) is 39.3 Å². The highest BCUT2D eigenvalue weighted by atomic mass is 16.2. The SMILES string of the molecule is CC(NC(=O)N1CCN(Cc2ccncc2)CC1)C(C)(C)CN(C)C. The van der Waals surface area contributed by atoms with Crippen LogP contribution in [0.15, 0.2) is 24.5 Å². The fourth-order valence-corrected chi connectivity index (χ4v) is 3.28. The Balaban J connectivity index is 1.79. The van der Waals surface area contributed by atoms with Gasteiger partial charge in [-0.25, -0.2) is 4.79 Å². The van der Waals surface area contributed by atoms with Crippen LogP contribution in [0.3, 0.4) is 0 Å². The summed E-state index contributed by atoms with van der Waals surface area (Å²) in [5.41, 5.74) is 1.30. The number of rotatable bonds is 6. The average molecular weight is 348 g/mol. The number of nitrogens with one attached hydrogen (secondary N) is 1. The summed E-state index contributed by atoms with van der Waals surface area (Å²) in [6.45, 7) is 11.7. The number of carbonyl (C=O) groups excluding carboxylic acids is 1. The molecule has 1 aromatic heterocycles. The van der Waals surface area contributed by atoms with Gasteiger partial charge < -0.3 is 15.1 Å². The Morgan fingerprint density at radius 3 is 2.40 bits per heavy atom. The lowest BCUT2D eigenvalue weighted by Gasteiger charge is -2.38. The van der Waals surface area contributed by atoms with Crippen LogP contribution >= 0.6 is 0 Å². The Kier molecular flexibility index (Phi) is 6.79. The maximum atomic E-state index is 12.6. The maximum absolute atomic E-state index is 12.6. The van der Waals surface area contributed by atoms with Crippen molar-refractivity contribution in [3.05, 3.63) is 30.1 Å². The van der Waals surface area contributed by atoms with Crippen LogP contribution < -0.4 is 5.32 Å². The zero-order valence-electron chi connectivity index (χ0n) is 16.3. The number of nitrogens with zero attached hydrogens (tertiary/aromatic N) is 4. The summed E-state index contributed by atoms with van der Waals surface area (Å²) in [5.74, 6) is 0. The fourth-order valence-electron chi connectivity index (χ4n) is 3.28. The fraction of sp³-hybridized carbons (Fsp3) is 0.684. The van der Waals surface area contributed by atoms with Crippen LogP contribution in [0, 0.1) is 5.41 Å². The molecule has 0 saturated carbocycles. The molecule has 2 heterocycles. The number of hydrogen-bond donors (Lipinski definition) is 1. The highest BCUT2D eigenvalue weighted by Gasteiger charge is 2.30. The first-order valence-corrected chi connectivity index (χ1v) is 9.09. The van der Waals surface area contributed by atoms with Crippen molar-refractivity contribution in [3.8, 4) is 0 Å². The summed E-state index contributed by atoms with van der Waals surface area (Å²) in [6.07, 6.45) is 3.66. The molecular weight excluding hydrogens is 314 g/mol. The molecule has 1 unspecified atom stereocenters. The third-order valence-electron chi connectivity index (χ3n) is 5.05. The lowest BCUT2D eigenvalue weighted by atomic mass is 9.85. The van der Waals surface area contributed by atoms with Crippen molar-refractivity contribution in [1.82, 2.24) is 25.0 Å². The minimum Gasteiger partial charge on any atom is -0.335 e. The summed E-state index contributed by atoms with van der Waals surface area (Å²) < 4.78 is 0. The minimum absolute atomic E-state index is 0.0301. The molecule has 1 fully saturated rings. The number of carbonyl (C=O) groups is 1. The molecule has 6 nitrogen and oxygen atoms in total. The quantitative estimate of drug-likeness (QED) is 0.854. The lowest BCUT2D eigenvalue weighted by Crippen LogP contribution is -2.55. The van der Waals surface area contributed by atoms with E-state index in [1.807, 2.05) is 29.4 Å². The summed E-state index contributed by atoms with van der Waals surface area (Å²) in [4.78, 5) is 23.1. The highest BCUT2D eigenvalue weighted by molar-refractivity contribution is 5.74. The molecular formula is C19H33N5O. The van der Waals surface area contributed by atoms with Crippen LogP contribution in [0.5, 0.6) is 0 Å². The Hall–Kier alpha value is -1.66. The molecule has 0 bridgehead atoms. The van der Waals surface area contributed by atoms with E-state index in [4.69, 9.17) is 0 Å². The van der Waals surface area contributed by atoms with E-state index < -0.39 is 0 Å². The van der Waals surface area contributed by atoms with Crippen LogP contribution in [-0.2, 0) is 6.54 Å². The molecule has 1 atom stereocenters. The molecule has 1 aliphatic rings. The maximum Gasteiger partial charge on any atom is 0.317 e. The van der Waals surface area contributed by atoms with Gasteiger partial charge in [0.1, 0.15) is 0 Å². The first kappa shape index (κ1) is 19.7. The molecule has 0 spiro atoms. The van der Waals surface area contributed by atoms with Crippen molar-refractivity contribution in [3.63, 3.8) is 0 Å². The second-order valence-electron chi connectivity index (χ2n) is 8.02.